The number of amides is 1. The average molecular weight is 338 g/mol. The van der Waals surface area contributed by atoms with E-state index in [4.69, 9.17) is 0 Å². The zero-order valence-corrected chi connectivity index (χ0v) is 15.0. The van der Waals surface area contributed by atoms with E-state index in [-0.39, 0.29) is 5.91 Å². The van der Waals surface area contributed by atoms with Gasteiger partial charge in [-0.3, -0.25) is 14.8 Å². The Hall–Kier alpha value is -2.14. The number of nitrogens with one attached hydrogen (secondary N) is 1. The van der Waals surface area contributed by atoms with Gasteiger partial charge in [0, 0.05) is 37.9 Å². The highest BCUT2D eigenvalue weighted by atomic mass is 16.2. The first-order valence-corrected chi connectivity index (χ1v) is 9.25. The summed E-state index contributed by atoms with van der Waals surface area (Å²) in [6.45, 7) is 7.56. The van der Waals surface area contributed by atoms with Crippen molar-refractivity contribution in [3.05, 3.63) is 52.8 Å². The Bertz CT molecular complexity index is 765. The zero-order chi connectivity index (χ0) is 17.4. The second-order valence-corrected chi connectivity index (χ2v) is 7.48. The van der Waals surface area contributed by atoms with Crippen molar-refractivity contribution in [1.29, 1.82) is 0 Å². The summed E-state index contributed by atoms with van der Waals surface area (Å²) in [6.07, 6.45) is 2.66. The SMILES string of the molecule is Cc1cc(C(=O)N2CCN(Cc3ccccc3C3CC3)[C@H](C)C2)n[nH]1. The van der Waals surface area contributed by atoms with Crippen LogP contribution in [0.25, 0.3) is 0 Å². The molecule has 25 heavy (non-hydrogen) atoms. The standard InChI is InChI=1S/C20H26N4O/c1-14-11-19(22-21-14)20(25)24-10-9-23(15(2)12-24)13-17-5-3-4-6-18(17)16-7-8-16/h3-6,11,15-16H,7-10,12-13H2,1-2H3,(H,21,22)/t15-/m1/s1. The number of H-pyrrole nitrogens is 1. The molecule has 5 nitrogen and oxygen atoms in total. The highest BCUT2D eigenvalue weighted by Gasteiger charge is 2.30. The lowest BCUT2D eigenvalue weighted by Gasteiger charge is -2.40. The van der Waals surface area contributed by atoms with Crippen LogP contribution in [0.15, 0.2) is 30.3 Å². The van der Waals surface area contributed by atoms with E-state index in [1.165, 1.54) is 24.0 Å². The van der Waals surface area contributed by atoms with Crippen molar-refractivity contribution in [3.8, 4) is 0 Å². The molecule has 2 aromatic rings. The smallest absolute Gasteiger partial charge is 0.274 e. The van der Waals surface area contributed by atoms with Crippen molar-refractivity contribution in [1.82, 2.24) is 20.0 Å². The van der Waals surface area contributed by atoms with Gasteiger partial charge < -0.3 is 4.90 Å². The molecule has 1 atom stereocenters. The molecule has 1 aliphatic heterocycles. The molecule has 2 heterocycles. The quantitative estimate of drug-likeness (QED) is 0.932. The van der Waals surface area contributed by atoms with Gasteiger partial charge >= 0.3 is 0 Å². The Kier molecular flexibility index (Phi) is 4.34. The Labute approximate surface area is 149 Å². The van der Waals surface area contributed by atoms with E-state index in [0.29, 0.717) is 11.7 Å². The second-order valence-electron chi connectivity index (χ2n) is 7.48. The number of nitrogens with zero attached hydrogens (tertiary/aromatic N) is 3. The van der Waals surface area contributed by atoms with Crippen LogP contribution in [0.4, 0.5) is 0 Å². The number of aromatic amines is 1. The fourth-order valence-electron chi connectivity index (χ4n) is 3.79. The van der Waals surface area contributed by atoms with Gasteiger partial charge in [0.25, 0.3) is 5.91 Å². The highest BCUT2D eigenvalue weighted by Crippen LogP contribution is 2.41. The Morgan fingerprint density at radius 3 is 2.76 bits per heavy atom. The molecule has 1 saturated carbocycles. The van der Waals surface area contributed by atoms with E-state index < -0.39 is 0 Å². The molecule has 5 heteroatoms. The van der Waals surface area contributed by atoms with Crippen LogP contribution in [-0.4, -0.2) is 51.6 Å². The van der Waals surface area contributed by atoms with E-state index in [1.807, 2.05) is 17.9 Å². The number of aromatic nitrogens is 2. The fraction of sp³-hybridized carbons (Fsp3) is 0.500. The van der Waals surface area contributed by atoms with Crippen molar-refractivity contribution >= 4 is 5.91 Å². The molecule has 1 aromatic heterocycles. The summed E-state index contributed by atoms with van der Waals surface area (Å²) in [6, 6.07) is 11.0. The van der Waals surface area contributed by atoms with Gasteiger partial charge in [-0.25, -0.2) is 0 Å². The number of aryl methyl sites for hydroxylation is 1. The van der Waals surface area contributed by atoms with Crippen LogP contribution in [0.2, 0.25) is 0 Å². The number of carbonyl (C=O) groups excluding carboxylic acids is 1. The van der Waals surface area contributed by atoms with Crippen molar-refractivity contribution in [2.45, 2.75) is 45.2 Å². The number of hydrogen-bond donors (Lipinski definition) is 1. The molecule has 1 aliphatic carbocycles. The van der Waals surface area contributed by atoms with Gasteiger partial charge in [-0.05, 0) is 49.8 Å². The van der Waals surface area contributed by atoms with Crippen LogP contribution in [0, 0.1) is 6.92 Å². The minimum Gasteiger partial charge on any atom is -0.334 e. The van der Waals surface area contributed by atoms with E-state index in [0.717, 1.165) is 37.8 Å². The summed E-state index contributed by atoms with van der Waals surface area (Å²) < 4.78 is 0. The zero-order valence-electron chi connectivity index (χ0n) is 15.0. The molecule has 1 amide bonds. The second kappa shape index (κ2) is 6.64. The van der Waals surface area contributed by atoms with Gasteiger partial charge in [0.15, 0.2) is 0 Å². The molecular formula is C20H26N4O. The maximum absolute atomic E-state index is 12.6. The molecule has 0 radical (unpaired) electrons. The molecule has 0 bridgehead atoms. The van der Waals surface area contributed by atoms with Gasteiger partial charge in [0.05, 0.1) is 0 Å². The monoisotopic (exact) mass is 338 g/mol. The number of rotatable bonds is 4. The van der Waals surface area contributed by atoms with E-state index in [9.17, 15) is 4.79 Å². The summed E-state index contributed by atoms with van der Waals surface area (Å²) in [5, 5.41) is 6.97. The van der Waals surface area contributed by atoms with Gasteiger partial charge in [0.1, 0.15) is 5.69 Å². The molecular weight excluding hydrogens is 312 g/mol. The van der Waals surface area contributed by atoms with Crippen LogP contribution < -0.4 is 0 Å². The summed E-state index contributed by atoms with van der Waals surface area (Å²) in [5.41, 5.74) is 4.43. The van der Waals surface area contributed by atoms with E-state index in [1.54, 1.807) is 0 Å². The topological polar surface area (TPSA) is 52.2 Å². The normalized spacial score (nSPS) is 21.5. The van der Waals surface area contributed by atoms with Crippen LogP contribution >= 0.6 is 0 Å². The molecule has 2 fully saturated rings. The largest absolute Gasteiger partial charge is 0.334 e. The van der Waals surface area contributed by atoms with Crippen molar-refractivity contribution in [2.24, 2.45) is 0 Å². The maximum atomic E-state index is 12.6. The summed E-state index contributed by atoms with van der Waals surface area (Å²) in [5.74, 6) is 0.812. The first-order valence-electron chi connectivity index (χ1n) is 9.25. The summed E-state index contributed by atoms with van der Waals surface area (Å²) in [4.78, 5) is 17.0. The third-order valence-electron chi connectivity index (χ3n) is 5.42. The summed E-state index contributed by atoms with van der Waals surface area (Å²) >= 11 is 0. The molecule has 1 aromatic carbocycles. The van der Waals surface area contributed by atoms with Gasteiger partial charge in [-0.1, -0.05) is 24.3 Å². The predicted molar refractivity (Wildman–Crippen MR) is 97.5 cm³/mol. The fourth-order valence-corrected chi connectivity index (χ4v) is 3.79. The van der Waals surface area contributed by atoms with E-state index in [2.05, 4.69) is 46.3 Å². The Morgan fingerprint density at radius 2 is 2.08 bits per heavy atom. The third kappa shape index (κ3) is 3.47. The lowest BCUT2D eigenvalue weighted by Crippen LogP contribution is -2.53. The third-order valence-corrected chi connectivity index (χ3v) is 5.42. The Balaban J connectivity index is 1.41. The maximum Gasteiger partial charge on any atom is 0.274 e. The van der Waals surface area contributed by atoms with Crippen molar-refractivity contribution < 1.29 is 4.79 Å². The van der Waals surface area contributed by atoms with Gasteiger partial charge in [-0.2, -0.15) is 5.10 Å². The predicted octanol–water partition coefficient (Wildman–Crippen LogP) is 2.94. The van der Waals surface area contributed by atoms with E-state index >= 15 is 0 Å². The molecule has 1 saturated heterocycles. The first-order chi connectivity index (χ1) is 12.1. The highest BCUT2D eigenvalue weighted by molar-refractivity contribution is 5.92. The van der Waals surface area contributed by atoms with Crippen LogP contribution in [0.1, 0.15) is 53.0 Å². The molecule has 0 spiro atoms. The molecule has 132 valence electrons. The van der Waals surface area contributed by atoms with Crippen LogP contribution in [0.5, 0.6) is 0 Å². The number of carbonyl (C=O) groups is 1. The van der Waals surface area contributed by atoms with Crippen LogP contribution in [0.3, 0.4) is 0 Å². The molecule has 1 N–H and O–H groups in total. The van der Waals surface area contributed by atoms with Crippen molar-refractivity contribution in [3.63, 3.8) is 0 Å². The molecule has 0 unspecified atom stereocenters. The van der Waals surface area contributed by atoms with Gasteiger partial charge in [0.2, 0.25) is 0 Å². The molecule has 4 rings (SSSR count). The minimum atomic E-state index is 0.0363. The lowest BCUT2D eigenvalue weighted by atomic mass is 10.0. The van der Waals surface area contributed by atoms with Gasteiger partial charge in [-0.15, -0.1) is 0 Å². The van der Waals surface area contributed by atoms with Crippen LogP contribution in [-0.2, 0) is 6.54 Å². The minimum absolute atomic E-state index is 0.0363. The first kappa shape index (κ1) is 16.3. The van der Waals surface area contributed by atoms with Crippen molar-refractivity contribution in [2.75, 3.05) is 19.6 Å². The average Bonchev–Trinajstić information content (AvgIpc) is 3.37. The number of benzene rings is 1. The Morgan fingerprint density at radius 1 is 1.28 bits per heavy atom. The number of hydrogen-bond acceptors (Lipinski definition) is 3. The lowest BCUT2D eigenvalue weighted by molar-refractivity contribution is 0.0489. The summed E-state index contributed by atoms with van der Waals surface area (Å²) in [7, 11) is 0. The molecule has 2 aliphatic rings. The number of piperazine rings is 1.